The summed E-state index contributed by atoms with van der Waals surface area (Å²) in [6, 6.07) is 9.91. The van der Waals surface area contributed by atoms with Gasteiger partial charge in [-0.05, 0) is 13.8 Å². The van der Waals surface area contributed by atoms with Crippen LogP contribution in [0, 0.1) is 0 Å². The van der Waals surface area contributed by atoms with Gasteiger partial charge in [-0.1, -0.05) is 30.3 Å². The van der Waals surface area contributed by atoms with Crippen molar-refractivity contribution in [3.05, 3.63) is 35.9 Å². The van der Waals surface area contributed by atoms with Crippen LogP contribution < -0.4 is 0 Å². The third kappa shape index (κ3) is 2.52. The molecule has 1 aliphatic rings. The molecule has 0 saturated carbocycles. The number of ether oxygens (including phenoxy) is 1. The van der Waals surface area contributed by atoms with Gasteiger partial charge in [-0.25, -0.2) is 4.79 Å². The molecule has 0 aliphatic carbocycles. The number of esters is 1. The van der Waals surface area contributed by atoms with Gasteiger partial charge >= 0.3 is 5.97 Å². The van der Waals surface area contributed by atoms with E-state index in [1.54, 1.807) is 11.8 Å². The van der Waals surface area contributed by atoms with E-state index < -0.39 is 5.54 Å². The Bertz CT molecular complexity index is 444. The number of carbonyl (C=O) groups is 1. The first kappa shape index (κ1) is 12.2. The number of aliphatic imine (C=N–C) groups is 1. The van der Waals surface area contributed by atoms with Crippen molar-refractivity contribution in [3.8, 4) is 0 Å². The lowest BCUT2D eigenvalue weighted by molar-refractivity contribution is -0.147. The van der Waals surface area contributed by atoms with E-state index in [-0.39, 0.29) is 5.97 Å². The van der Waals surface area contributed by atoms with Crippen LogP contribution in [0.15, 0.2) is 35.3 Å². The SMILES string of the molecule is CCOC(=O)C1(C)CSC(c2ccccc2)=N1. The number of hydrogen-bond acceptors (Lipinski definition) is 4. The van der Waals surface area contributed by atoms with E-state index in [0.717, 1.165) is 10.6 Å². The Morgan fingerprint density at radius 2 is 2.18 bits per heavy atom. The summed E-state index contributed by atoms with van der Waals surface area (Å²) in [5.41, 5.74) is 0.330. The average molecular weight is 249 g/mol. The summed E-state index contributed by atoms with van der Waals surface area (Å²) in [7, 11) is 0. The molecule has 1 aromatic rings. The van der Waals surface area contributed by atoms with E-state index in [1.165, 1.54) is 0 Å². The van der Waals surface area contributed by atoms with E-state index in [2.05, 4.69) is 4.99 Å². The fourth-order valence-corrected chi connectivity index (χ4v) is 2.79. The quantitative estimate of drug-likeness (QED) is 0.773. The molecule has 2 rings (SSSR count). The highest BCUT2D eigenvalue weighted by molar-refractivity contribution is 8.14. The molecule has 0 aromatic heterocycles. The Hall–Kier alpha value is -1.29. The Labute approximate surface area is 105 Å². The number of carbonyl (C=O) groups excluding carboxylic acids is 1. The zero-order valence-electron chi connectivity index (χ0n) is 9.97. The lowest BCUT2D eigenvalue weighted by Crippen LogP contribution is -2.35. The maximum Gasteiger partial charge on any atom is 0.334 e. The van der Waals surface area contributed by atoms with Gasteiger partial charge in [0.05, 0.1) is 11.7 Å². The molecule has 1 aromatic carbocycles. The molecular weight excluding hydrogens is 234 g/mol. The molecule has 1 aliphatic heterocycles. The van der Waals surface area contributed by atoms with Gasteiger partial charge in [-0.3, -0.25) is 4.99 Å². The normalized spacial score (nSPS) is 23.3. The summed E-state index contributed by atoms with van der Waals surface area (Å²) in [6.45, 7) is 4.04. The molecule has 0 bridgehead atoms. The number of rotatable bonds is 3. The van der Waals surface area contributed by atoms with Crippen LogP contribution in [0.25, 0.3) is 0 Å². The summed E-state index contributed by atoms with van der Waals surface area (Å²) in [6.07, 6.45) is 0. The van der Waals surface area contributed by atoms with Crippen LogP contribution in [0.5, 0.6) is 0 Å². The average Bonchev–Trinajstić information content (AvgIpc) is 2.75. The molecule has 0 radical (unpaired) electrons. The zero-order chi connectivity index (χ0) is 12.3. The molecular formula is C13H15NO2S. The lowest BCUT2D eigenvalue weighted by Gasteiger charge is -2.16. The third-order valence-electron chi connectivity index (χ3n) is 2.57. The first-order valence-electron chi connectivity index (χ1n) is 5.61. The standard InChI is InChI=1S/C13H15NO2S/c1-3-16-12(15)13(2)9-17-11(14-13)10-7-5-4-6-8-10/h4-8H,3,9H2,1-2H3. The maximum absolute atomic E-state index is 11.8. The third-order valence-corrected chi connectivity index (χ3v) is 3.88. The van der Waals surface area contributed by atoms with E-state index in [9.17, 15) is 4.79 Å². The molecule has 1 atom stereocenters. The number of thioether (sulfide) groups is 1. The second-order valence-electron chi connectivity index (χ2n) is 4.07. The molecule has 0 amide bonds. The lowest BCUT2D eigenvalue weighted by atomic mass is 10.1. The first-order chi connectivity index (χ1) is 8.15. The molecule has 0 spiro atoms. The van der Waals surface area contributed by atoms with Crippen LogP contribution in [0.1, 0.15) is 19.4 Å². The van der Waals surface area contributed by atoms with E-state index in [0.29, 0.717) is 12.4 Å². The molecule has 3 nitrogen and oxygen atoms in total. The molecule has 90 valence electrons. The zero-order valence-corrected chi connectivity index (χ0v) is 10.8. The molecule has 1 heterocycles. The van der Waals surface area contributed by atoms with Crippen molar-refractivity contribution in [1.29, 1.82) is 0 Å². The summed E-state index contributed by atoms with van der Waals surface area (Å²) in [5.74, 6) is 0.411. The Balaban J connectivity index is 2.21. The van der Waals surface area contributed by atoms with Gasteiger partial charge in [0.15, 0.2) is 5.54 Å². The Morgan fingerprint density at radius 3 is 2.82 bits per heavy atom. The number of benzene rings is 1. The summed E-state index contributed by atoms with van der Waals surface area (Å²) in [5, 5.41) is 0.918. The van der Waals surface area contributed by atoms with Gasteiger partial charge in [0.1, 0.15) is 0 Å². The van der Waals surface area contributed by atoms with E-state index in [4.69, 9.17) is 4.74 Å². The van der Waals surface area contributed by atoms with Crippen molar-refractivity contribution in [2.24, 2.45) is 4.99 Å². The molecule has 0 N–H and O–H groups in total. The number of hydrogen-bond donors (Lipinski definition) is 0. The summed E-state index contributed by atoms with van der Waals surface area (Å²) in [4.78, 5) is 16.3. The fraction of sp³-hybridized carbons (Fsp3) is 0.385. The van der Waals surface area contributed by atoms with Crippen LogP contribution in [-0.2, 0) is 9.53 Å². The van der Waals surface area contributed by atoms with E-state index >= 15 is 0 Å². The second kappa shape index (κ2) is 4.92. The summed E-state index contributed by atoms with van der Waals surface area (Å²) < 4.78 is 5.05. The molecule has 4 heteroatoms. The highest BCUT2D eigenvalue weighted by Crippen LogP contribution is 2.31. The van der Waals surface area contributed by atoms with Crippen molar-refractivity contribution >= 4 is 22.8 Å². The Kier molecular flexibility index (Phi) is 3.52. The van der Waals surface area contributed by atoms with Crippen molar-refractivity contribution < 1.29 is 9.53 Å². The van der Waals surface area contributed by atoms with Crippen LogP contribution in [0.2, 0.25) is 0 Å². The van der Waals surface area contributed by atoms with Gasteiger partial charge in [-0.15, -0.1) is 11.8 Å². The highest BCUT2D eigenvalue weighted by atomic mass is 32.2. The van der Waals surface area contributed by atoms with Gasteiger partial charge in [0.2, 0.25) is 0 Å². The predicted molar refractivity (Wildman–Crippen MR) is 70.5 cm³/mol. The fourth-order valence-electron chi connectivity index (χ4n) is 1.62. The molecule has 17 heavy (non-hydrogen) atoms. The predicted octanol–water partition coefficient (Wildman–Crippen LogP) is 2.50. The van der Waals surface area contributed by atoms with Crippen LogP contribution in [-0.4, -0.2) is 28.9 Å². The Morgan fingerprint density at radius 1 is 1.47 bits per heavy atom. The number of nitrogens with zero attached hydrogens (tertiary/aromatic N) is 1. The minimum absolute atomic E-state index is 0.238. The molecule has 1 unspecified atom stereocenters. The van der Waals surface area contributed by atoms with Crippen molar-refractivity contribution in [2.75, 3.05) is 12.4 Å². The largest absolute Gasteiger partial charge is 0.464 e. The van der Waals surface area contributed by atoms with Crippen LogP contribution in [0.3, 0.4) is 0 Å². The van der Waals surface area contributed by atoms with Crippen molar-refractivity contribution in [1.82, 2.24) is 0 Å². The van der Waals surface area contributed by atoms with Gasteiger partial charge in [0.25, 0.3) is 0 Å². The van der Waals surface area contributed by atoms with Crippen LogP contribution in [0.4, 0.5) is 0 Å². The minimum Gasteiger partial charge on any atom is -0.464 e. The van der Waals surface area contributed by atoms with Crippen molar-refractivity contribution in [2.45, 2.75) is 19.4 Å². The van der Waals surface area contributed by atoms with E-state index in [1.807, 2.05) is 44.2 Å². The first-order valence-corrected chi connectivity index (χ1v) is 6.59. The van der Waals surface area contributed by atoms with Crippen molar-refractivity contribution in [3.63, 3.8) is 0 Å². The monoisotopic (exact) mass is 249 g/mol. The minimum atomic E-state index is -0.730. The summed E-state index contributed by atoms with van der Waals surface area (Å²) >= 11 is 1.61. The van der Waals surface area contributed by atoms with Crippen LogP contribution >= 0.6 is 11.8 Å². The van der Waals surface area contributed by atoms with Gasteiger partial charge in [-0.2, -0.15) is 0 Å². The highest BCUT2D eigenvalue weighted by Gasteiger charge is 2.39. The maximum atomic E-state index is 11.8. The molecule has 0 fully saturated rings. The molecule has 0 saturated heterocycles. The van der Waals surface area contributed by atoms with Gasteiger partial charge in [0, 0.05) is 11.3 Å². The van der Waals surface area contributed by atoms with Gasteiger partial charge < -0.3 is 4.74 Å². The smallest absolute Gasteiger partial charge is 0.334 e. The topological polar surface area (TPSA) is 38.7 Å². The second-order valence-corrected chi connectivity index (χ2v) is 5.03.